The molecule has 1 heterocycles. The van der Waals surface area contributed by atoms with Gasteiger partial charge in [-0.1, -0.05) is 17.7 Å². The van der Waals surface area contributed by atoms with Crippen LogP contribution in [0.4, 0.5) is 5.69 Å². The minimum absolute atomic E-state index is 0.179. The Bertz CT molecular complexity index is 464. The van der Waals surface area contributed by atoms with Gasteiger partial charge in [0.05, 0.1) is 5.75 Å². The van der Waals surface area contributed by atoms with Crippen LogP contribution in [0.15, 0.2) is 24.3 Å². The van der Waals surface area contributed by atoms with Crippen molar-refractivity contribution in [3.05, 3.63) is 29.8 Å². The number of benzene rings is 1. The highest BCUT2D eigenvalue weighted by Crippen LogP contribution is 2.13. The fourth-order valence-corrected chi connectivity index (χ4v) is 2.94. The lowest BCUT2D eigenvalue weighted by atomic mass is 10.1. The largest absolute Gasteiger partial charge is 0.314 e. The maximum absolute atomic E-state index is 11.8. The summed E-state index contributed by atoms with van der Waals surface area (Å²) >= 11 is 0. The maximum atomic E-state index is 11.8. The highest BCUT2D eigenvalue weighted by Gasteiger charge is 2.19. The Labute approximate surface area is 102 Å². The summed E-state index contributed by atoms with van der Waals surface area (Å²) in [6.45, 7) is 2.98. The third kappa shape index (κ3) is 3.71. The lowest BCUT2D eigenvalue weighted by molar-refractivity contribution is 0.362. The summed E-state index contributed by atoms with van der Waals surface area (Å²) in [4.78, 5) is 0. The molecule has 1 aromatic rings. The minimum atomic E-state index is -3.21. The van der Waals surface area contributed by atoms with Crippen molar-refractivity contribution >= 4 is 15.7 Å². The molecule has 5 heteroatoms. The second-order valence-electron chi connectivity index (χ2n) is 4.52. The highest BCUT2D eigenvalue weighted by molar-refractivity contribution is 7.92. The zero-order valence-electron chi connectivity index (χ0n) is 9.94. The molecular weight excluding hydrogens is 236 g/mol. The molecule has 1 atom stereocenters. The quantitative estimate of drug-likeness (QED) is 0.837. The topological polar surface area (TPSA) is 58.2 Å². The molecule has 0 saturated carbocycles. The van der Waals surface area contributed by atoms with E-state index >= 15 is 0 Å². The summed E-state index contributed by atoms with van der Waals surface area (Å²) in [5.41, 5.74) is 1.75. The van der Waals surface area contributed by atoms with Crippen LogP contribution < -0.4 is 10.0 Å². The van der Waals surface area contributed by atoms with Crippen molar-refractivity contribution in [2.45, 2.75) is 25.8 Å². The van der Waals surface area contributed by atoms with Gasteiger partial charge in [-0.25, -0.2) is 8.42 Å². The summed E-state index contributed by atoms with van der Waals surface area (Å²) in [7, 11) is -3.21. The van der Waals surface area contributed by atoms with Gasteiger partial charge >= 0.3 is 0 Å². The molecule has 0 radical (unpaired) electrons. The van der Waals surface area contributed by atoms with E-state index in [1.807, 2.05) is 19.1 Å². The van der Waals surface area contributed by atoms with Gasteiger partial charge in [0.2, 0.25) is 10.0 Å². The number of aryl methyl sites for hydroxylation is 1. The van der Waals surface area contributed by atoms with Gasteiger partial charge in [0.25, 0.3) is 0 Å². The third-order valence-electron chi connectivity index (χ3n) is 2.99. The smallest absolute Gasteiger partial charge is 0.232 e. The number of hydrogen-bond acceptors (Lipinski definition) is 3. The van der Waals surface area contributed by atoms with E-state index in [0.717, 1.165) is 18.5 Å². The van der Waals surface area contributed by atoms with Crippen LogP contribution in [-0.4, -0.2) is 26.8 Å². The van der Waals surface area contributed by atoms with Crippen molar-refractivity contribution in [1.29, 1.82) is 0 Å². The number of sulfonamides is 1. The van der Waals surface area contributed by atoms with Crippen molar-refractivity contribution < 1.29 is 8.42 Å². The van der Waals surface area contributed by atoms with E-state index in [4.69, 9.17) is 0 Å². The second-order valence-corrected chi connectivity index (χ2v) is 6.36. The SMILES string of the molecule is Cc1ccc(NS(=O)(=O)CCC2CCN2)cc1. The fraction of sp³-hybridized carbons (Fsp3) is 0.500. The monoisotopic (exact) mass is 254 g/mol. The highest BCUT2D eigenvalue weighted by atomic mass is 32.2. The predicted octanol–water partition coefficient (Wildman–Crippen LogP) is 1.49. The Morgan fingerprint density at radius 1 is 1.35 bits per heavy atom. The van der Waals surface area contributed by atoms with E-state index in [9.17, 15) is 8.42 Å². The van der Waals surface area contributed by atoms with Crippen LogP contribution in [0, 0.1) is 6.92 Å². The van der Waals surface area contributed by atoms with Gasteiger partial charge in [0, 0.05) is 11.7 Å². The standard InChI is InChI=1S/C12H18N2O2S/c1-10-2-4-12(5-3-10)14-17(15,16)9-7-11-6-8-13-11/h2-5,11,13-14H,6-9H2,1H3. The fourth-order valence-electron chi connectivity index (χ4n) is 1.74. The number of hydrogen-bond donors (Lipinski definition) is 2. The van der Waals surface area contributed by atoms with Crippen LogP contribution >= 0.6 is 0 Å². The molecule has 2 rings (SSSR count). The van der Waals surface area contributed by atoms with Crippen molar-refractivity contribution in [2.24, 2.45) is 0 Å². The summed E-state index contributed by atoms with van der Waals surface area (Å²) in [6, 6.07) is 7.74. The van der Waals surface area contributed by atoms with Crippen molar-refractivity contribution in [2.75, 3.05) is 17.0 Å². The summed E-state index contributed by atoms with van der Waals surface area (Å²) in [5, 5.41) is 3.20. The Kier molecular flexibility index (Phi) is 3.69. The third-order valence-corrected chi connectivity index (χ3v) is 4.31. The summed E-state index contributed by atoms with van der Waals surface area (Å²) in [5.74, 6) is 0.179. The molecule has 1 unspecified atom stereocenters. The Morgan fingerprint density at radius 2 is 2.00 bits per heavy atom. The Morgan fingerprint density at radius 3 is 2.53 bits per heavy atom. The zero-order chi connectivity index (χ0) is 12.3. The first-order chi connectivity index (χ1) is 8.05. The first kappa shape index (κ1) is 12.4. The summed E-state index contributed by atoms with van der Waals surface area (Å²) < 4.78 is 26.2. The van der Waals surface area contributed by atoms with Gasteiger partial charge in [0.1, 0.15) is 0 Å². The average molecular weight is 254 g/mol. The molecular formula is C12H18N2O2S. The molecule has 0 aliphatic carbocycles. The first-order valence-corrected chi connectivity index (χ1v) is 7.51. The lowest BCUT2D eigenvalue weighted by Crippen LogP contribution is -2.44. The Hall–Kier alpha value is -1.07. The molecule has 2 N–H and O–H groups in total. The Balaban J connectivity index is 1.89. The van der Waals surface area contributed by atoms with E-state index in [-0.39, 0.29) is 5.75 Å². The molecule has 4 nitrogen and oxygen atoms in total. The van der Waals surface area contributed by atoms with Crippen LogP contribution in [0.5, 0.6) is 0 Å². The number of anilines is 1. The molecule has 17 heavy (non-hydrogen) atoms. The van der Waals surface area contributed by atoms with Crippen LogP contribution in [0.1, 0.15) is 18.4 Å². The van der Waals surface area contributed by atoms with Crippen LogP contribution in [-0.2, 0) is 10.0 Å². The molecule has 1 fully saturated rings. The van der Waals surface area contributed by atoms with Gasteiger partial charge in [0.15, 0.2) is 0 Å². The molecule has 94 valence electrons. The normalized spacial score (nSPS) is 19.7. The van der Waals surface area contributed by atoms with Crippen molar-refractivity contribution in [1.82, 2.24) is 5.32 Å². The van der Waals surface area contributed by atoms with Gasteiger partial charge in [-0.05, 0) is 38.4 Å². The number of nitrogens with one attached hydrogen (secondary N) is 2. The van der Waals surface area contributed by atoms with Gasteiger partial charge in [-0.3, -0.25) is 4.72 Å². The van der Waals surface area contributed by atoms with E-state index in [0.29, 0.717) is 18.2 Å². The van der Waals surface area contributed by atoms with Crippen LogP contribution in [0.2, 0.25) is 0 Å². The average Bonchev–Trinajstić information content (AvgIpc) is 2.19. The molecule has 0 bridgehead atoms. The van der Waals surface area contributed by atoms with Crippen LogP contribution in [0.3, 0.4) is 0 Å². The van der Waals surface area contributed by atoms with E-state index in [1.165, 1.54) is 0 Å². The van der Waals surface area contributed by atoms with E-state index in [2.05, 4.69) is 10.0 Å². The van der Waals surface area contributed by atoms with Crippen LogP contribution in [0.25, 0.3) is 0 Å². The summed E-state index contributed by atoms with van der Waals surface area (Å²) in [6.07, 6.45) is 1.77. The molecule has 0 spiro atoms. The van der Waals surface area contributed by atoms with E-state index < -0.39 is 10.0 Å². The molecule has 0 amide bonds. The van der Waals surface area contributed by atoms with E-state index in [1.54, 1.807) is 12.1 Å². The second kappa shape index (κ2) is 5.06. The molecule has 1 saturated heterocycles. The lowest BCUT2D eigenvalue weighted by Gasteiger charge is -2.27. The van der Waals surface area contributed by atoms with Gasteiger partial charge in [-0.2, -0.15) is 0 Å². The van der Waals surface area contributed by atoms with Crippen molar-refractivity contribution in [3.8, 4) is 0 Å². The predicted molar refractivity (Wildman–Crippen MR) is 69.6 cm³/mol. The number of rotatable bonds is 5. The molecule has 1 aliphatic heterocycles. The van der Waals surface area contributed by atoms with Gasteiger partial charge < -0.3 is 5.32 Å². The molecule has 1 aromatic carbocycles. The zero-order valence-corrected chi connectivity index (χ0v) is 10.8. The maximum Gasteiger partial charge on any atom is 0.232 e. The van der Waals surface area contributed by atoms with Crippen molar-refractivity contribution in [3.63, 3.8) is 0 Å². The molecule has 1 aliphatic rings. The van der Waals surface area contributed by atoms with Gasteiger partial charge in [-0.15, -0.1) is 0 Å². The first-order valence-electron chi connectivity index (χ1n) is 5.86. The minimum Gasteiger partial charge on any atom is -0.314 e. The molecule has 0 aromatic heterocycles.